The molecule has 0 aliphatic rings. The molecule has 5 nitrogen and oxygen atoms in total. The lowest BCUT2D eigenvalue weighted by Gasteiger charge is -2.31. The van der Waals surface area contributed by atoms with Crippen molar-refractivity contribution < 1.29 is 4.79 Å². The average Bonchev–Trinajstić information content (AvgIpc) is 3.06. The largest absolute Gasteiger partial charge is 0.357 e. The SMILES string of the molecule is Cc1nc(-c2c[nH]c(C(=O)NC(C)(CN)CC(C)C)c2)cs1.Cl.Cl. The maximum absolute atomic E-state index is 12.4. The van der Waals surface area contributed by atoms with Crippen LogP contribution in [0.2, 0.25) is 0 Å². The van der Waals surface area contributed by atoms with Crippen LogP contribution in [0, 0.1) is 12.8 Å². The lowest BCUT2D eigenvalue weighted by molar-refractivity contribution is 0.0893. The first-order valence-electron chi connectivity index (χ1n) is 7.46. The summed E-state index contributed by atoms with van der Waals surface area (Å²) in [5, 5.41) is 6.05. The van der Waals surface area contributed by atoms with E-state index in [1.54, 1.807) is 11.3 Å². The Labute approximate surface area is 159 Å². The molecular weight excluding hydrogens is 367 g/mol. The Kier molecular flexibility index (Phi) is 8.99. The predicted molar refractivity (Wildman–Crippen MR) is 106 cm³/mol. The lowest BCUT2D eigenvalue weighted by atomic mass is 9.90. The molecule has 2 aromatic rings. The molecule has 2 aromatic heterocycles. The standard InChI is InChI=1S/C16H24N4OS.2ClH/c1-10(2)6-16(4,9-17)20-15(21)13-5-12(7-18-13)14-8-22-11(3)19-14;;/h5,7-8,10,18H,6,9,17H2,1-4H3,(H,20,21);2*1H. The number of carbonyl (C=O) groups excluding carboxylic acids is 1. The van der Waals surface area contributed by atoms with Gasteiger partial charge in [-0.05, 0) is 32.3 Å². The molecule has 1 amide bonds. The highest BCUT2D eigenvalue weighted by Crippen LogP contribution is 2.23. The normalized spacial score (nSPS) is 12.9. The van der Waals surface area contributed by atoms with Crippen molar-refractivity contribution in [2.24, 2.45) is 11.7 Å². The minimum atomic E-state index is -0.395. The fourth-order valence-electron chi connectivity index (χ4n) is 2.60. The van der Waals surface area contributed by atoms with E-state index in [9.17, 15) is 4.79 Å². The molecule has 0 spiro atoms. The number of nitrogens with two attached hydrogens (primary N) is 1. The number of rotatable bonds is 6. The molecule has 0 saturated carbocycles. The number of nitrogens with one attached hydrogen (secondary N) is 2. The van der Waals surface area contributed by atoms with Gasteiger partial charge >= 0.3 is 0 Å². The molecule has 1 unspecified atom stereocenters. The molecule has 0 aromatic carbocycles. The average molecular weight is 393 g/mol. The van der Waals surface area contributed by atoms with Crippen molar-refractivity contribution in [2.45, 2.75) is 39.7 Å². The zero-order valence-corrected chi connectivity index (χ0v) is 16.8. The third kappa shape index (κ3) is 5.77. The van der Waals surface area contributed by atoms with Crippen molar-refractivity contribution in [2.75, 3.05) is 6.54 Å². The highest BCUT2D eigenvalue weighted by molar-refractivity contribution is 7.09. The molecule has 0 saturated heterocycles. The smallest absolute Gasteiger partial charge is 0.268 e. The molecule has 0 aliphatic heterocycles. The van der Waals surface area contributed by atoms with Crippen LogP contribution in [0.1, 0.15) is 42.7 Å². The van der Waals surface area contributed by atoms with Crippen molar-refractivity contribution in [1.29, 1.82) is 0 Å². The molecule has 24 heavy (non-hydrogen) atoms. The summed E-state index contributed by atoms with van der Waals surface area (Å²) in [6, 6.07) is 1.83. The summed E-state index contributed by atoms with van der Waals surface area (Å²) in [6.45, 7) is 8.61. The lowest BCUT2D eigenvalue weighted by Crippen LogP contribution is -2.52. The van der Waals surface area contributed by atoms with E-state index >= 15 is 0 Å². The van der Waals surface area contributed by atoms with Crippen LogP contribution in [0.15, 0.2) is 17.6 Å². The van der Waals surface area contributed by atoms with Crippen LogP contribution in [0.25, 0.3) is 11.3 Å². The molecule has 2 heterocycles. The zero-order chi connectivity index (χ0) is 16.3. The second kappa shape index (κ2) is 9.42. The highest BCUT2D eigenvalue weighted by atomic mass is 35.5. The summed E-state index contributed by atoms with van der Waals surface area (Å²) in [4.78, 5) is 19.9. The van der Waals surface area contributed by atoms with Gasteiger partial charge in [-0.2, -0.15) is 0 Å². The first-order valence-corrected chi connectivity index (χ1v) is 8.34. The van der Waals surface area contributed by atoms with Crippen molar-refractivity contribution >= 4 is 42.1 Å². The van der Waals surface area contributed by atoms with E-state index in [4.69, 9.17) is 5.73 Å². The number of aryl methyl sites for hydroxylation is 1. The number of aromatic nitrogens is 2. The van der Waals surface area contributed by atoms with Crippen LogP contribution in [0.3, 0.4) is 0 Å². The fourth-order valence-corrected chi connectivity index (χ4v) is 3.22. The topological polar surface area (TPSA) is 83.8 Å². The van der Waals surface area contributed by atoms with Crippen molar-refractivity contribution in [1.82, 2.24) is 15.3 Å². The van der Waals surface area contributed by atoms with Gasteiger partial charge in [0.2, 0.25) is 0 Å². The van der Waals surface area contributed by atoms with Gasteiger partial charge in [-0.25, -0.2) is 4.98 Å². The van der Waals surface area contributed by atoms with Crippen LogP contribution in [-0.4, -0.2) is 28.0 Å². The molecule has 0 aliphatic carbocycles. The monoisotopic (exact) mass is 392 g/mol. The van der Waals surface area contributed by atoms with Crippen LogP contribution in [0.4, 0.5) is 0 Å². The molecule has 0 radical (unpaired) electrons. The number of hydrogen-bond donors (Lipinski definition) is 3. The Morgan fingerprint density at radius 1 is 1.46 bits per heavy atom. The summed E-state index contributed by atoms with van der Waals surface area (Å²) in [6.07, 6.45) is 2.65. The molecular formula is C16H26Cl2N4OS. The molecule has 4 N–H and O–H groups in total. The number of H-pyrrole nitrogens is 1. The van der Waals surface area contributed by atoms with Crippen molar-refractivity contribution in [3.05, 3.63) is 28.3 Å². The van der Waals surface area contributed by atoms with Crippen molar-refractivity contribution in [3.8, 4) is 11.3 Å². The van der Waals surface area contributed by atoms with Gasteiger partial charge in [-0.1, -0.05) is 13.8 Å². The Bertz CT molecular complexity index is 656. The Balaban J connectivity index is 0.00000264. The number of aromatic amines is 1. The van der Waals surface area contributed by atoms with E-state index in [0.717, 1.165) is 22.7 Å². The van der Waals surface area contributed by atoms with Crippen LogP contribution >= 0.6 is 36.2 Å². The number of halogens is 2. The summed E-state index contributed by atoms with van der Waals surface area (Å²) >= 11 is 1.60. The third-order valence-electron chi connectivity index (χ3n) is 3.57. The third-order valence-corrected chi connectivity index (χ3v) is 4.34. The number of amides is 1. The highest BCUT2D eigenvalue weighted by Gasteiger charge is 2.26. The molecule has 2 rings (SSSR count). The minimum Gasteiger partial charge on any atom is -0.357 e. The van der Waals surface area contributed by atoms with Gasteiger partial charge in [0.05, 0.1) is 16.2 Å². The van der Waals surface area contributed by atoms with Crippen LogP contribution < -0.4 is 11.1 Å². The summed E-state index contributed by atoms with van der Waals surface area (Å²) in [5.74, 6) is 0.331. The van der Waals surface area contributed by atoms with Crippen molar-refractivity contribution in [3.63, 3.8) is 0 Å². The zero-order valence-electron chi connectivity index (χ0n) is 14.4. The van der Waals surface area contributed by atoms with E-state index in [1.807, 2.05) is 31.5 Å². The van der Waals surface area contributed by atoms with Crippen LogP contribution in [0.5, 0.6) is 0 Å². The van der Waals surface area contributed by atoms with Gasteiger partial charge in [-0.3, -0.25) is 4.79 Å². The summed E-state index contributed by atoms with van der Waals surface area (Å²) in [7, 11) is 0. The molecule has 0 bridgehead atoms. The summed E-state index contributed by atoms with van der Waals surface area (Å²) < 4.78 is 0. The number of hydrogen-bond acceptors (Lipinski definition) is 4. The van der Waals surface area contributed by atoms with E-state index in [-0.39, 0.29) is 30.7 Å². The maximum atomic E-state index is 12.4. The van der Waals surface area contributed by atoms with Gasteiger partial charge in [0, 0.05) is 23.7 Å². The quantitative estimate of drug-likeness (QED) is 0.698. The molecule has 1 atom stereocenters. The molecule has 136 valence electrons. The second-order valence-corrected chi connectivity index (χ2v) is 7.43. The number of carbonyl (C=O) groups is 1. The summed E-state index contributed by atoms with van der Waals surface area (Å²) in [5.41, 5.74) is 7.80. The predicted octanol–water partition coefficient (Wildman–Crippen LogP) is 3.78. The van der Waals surface area contributed by atoms with E-state index in [1.165, 1.54) is 0 Å². The number of nitrogens with zero attached hydrogens (tertiary/aromatic N) is 1. The first-order chi connectivity index (χ1) is 10.3. The second-order valence-electron chi connectivity index (χ2n) is 6.37. The van der Waals surface area contributed by atoms with E-state index in [2.05, 4.69) is 29.1 Å². The molecule has 8 heteroatoms. The van der Waals surface area contributed by atoms with Gasteiger partial charge in [0.25, 0.3) is 5.91 Å². The van der Waals surface area contributed by atoms with E-state index < -0.39 is 5.54 Å². The maximum Gasteiger partial charge on any atom is 0.268 e. The molecule has 0 fully saturated rings. The Morgan fingerprint density at radius 3 is 2.62 bits per heavy atom. The van der Waals surface area contributed by atoms with Gasteiger partial charge in [0.15, 0.2) is 0 Å². The van der Waals surface area contributed by atoms with Crippen LogP contribution in [-0.2, 0) is 0 Å². The fraction of sp³-hybridized carbons (Fsp3) is 0.500. The Hall–Kier alpha value is -1.08. The van der Waals surface area contributed by atoms with E-state index in [0.29, 0.717) is 18.2 Å². The Morgan fingerprint density at radius 2 is 2.12 bits per heavy atom. The minimum absolute atomic E-state index is 0. The number of thiazole rings is 1. The first kappa shape index (κ1) is 22.9. The van der Waals surface area contributed by atoms with Gasteiger partial charge in [0.1, 0.15) is 5.69 Å². The van der Waals surface area contributed by atoms with Gasteiger partial charge in [-0.15, -0.1) is 36.2 Å². The van der Waals surface area contributed by atoms with Gasteiger partial charge < -0.3 is 16.0 Å².